The molecule has 26 heteroatoms. The Balaban J connectivity index is 0.000000126. The summed E-state index contributed by atoms with van der Waals surface area (Å²) in [6, 6.07) is 44.9. The van der Waals surface area contributed by atoms with Crippen LogP contribution < -0.4 is 22.1 Å². The van der Waals surface area contributed by atoms with Crippen LogP contribution in [0.4, 0.5) is 35.9 Å². The number of carbonyl (C=O) groups excluding carboxylic acids is 2. The Morgan fingerprint density at radius 3 is 1.13 bits per heavy atom. The molecule has 540 valence electrons. The number of amidine groups is 4. The fraction of sp³-hybridized carbons (Fsp3) is 0.333. The van der Waals surface area contributed by atoms with Gasteiger partial charge in [0.1, 0.15) is 36.5 Å². The highest BCUT2D eigenvalue weighted by atomic mass is 79.9. The molecular formula is C78H74Br2F6N10O4S4. The molecule has 4 fully saturated rings. The van der Waals surface area contributed by atoms with E-state index in [1.165, 1.54) is 71.9 Å². The first-order valence-electron chi connectivity index (χ1n) is 34.4. The lowest BCUT2D eigenvalue weighted by Gasteiger charge is -2.37. The van der Waals surface area contributed by atoms with E-state index in [4.69, 9.17) is 30.9 Å². The number of fused-ring (bicyclic) bond motifs is 4. The number of nitrogens with two attached hydrogens (primary N) is 2. The van der Waals surface area contributed by atoms with Crippen LogP contribution in [0.25, 0.3) is 22.3 Å². The SMILES string of the molecule is NC1=N[C@@]2(c3cc(-c4cccnc4F)ccc3F)CCC[C@H]2CS1.NC1=N[C@@]2(c3cc(Br)ccc3F)CCC[C@H]2CS1.O=C(NC1=N[C@@]2(c3cc(-c4cccnc4F)ccc3F)CCC[C@H]2CS1)OCc1ccccc1.O=C(NC1=N[C@@]2(c3cc(Br)ccc3F)CCC[C@H]2CS1)OCc1ccccc1. The predicted octanol–water partition coefficient (Wildman–Crippen LogP) is 19.4. The van der Waals surface area contributed by atoms with Gasteiger partial charge in [-0.15, -0.1) is 0 Å². The molecule has 4 aliphatic carbocycles. The molecule has 0 bridgehead atoms. The highest BCUT2D eigenvalue weighted by molar-refractivity contribution is 9.10. The second kappa shape index (κ2) is 33.0. The number of ether oxygens (including phenoxy) is 2. The van der Waals surface area contributed by atoms with Crippen LogP contribution in [0, 0.1) is 58.8 Å². The van der Waals surface area contributed by atoms with Crippen LogP contribution in [0.3, 0.4) is 0 Å². The molecule has 4 aliphatic heterocycles. The number of rotatable bonds is 10. The van der Waals surface area contributed by atoms with E-state index < -0.39 is 46.2 Å². The van der Waals surface area contributed by atoms with E-state index >= 15 is 4.39 Å². The Hall–Kier alpha value is -7.62. The van der Waals surface area contributed by atoms with Crippen LogP contribution in [0.1, 0.15) is 110 Å². The summed E-state index contributed by atoms with van der Waals surface area (Å²) in [5.74, 6) is 2.04. The molecule has 0 unspecified atom stereocenters. The third-order valence-corrected chi connectivity index (χ3v) is 25.7. The molecule has 8 aromatic rings. The summed E-state index contributed by atoms with van der Waals surface area (Å²) in [4.78, 5) is 51.1. The molecule has 8 atom stereocenters. The molecule has 2 amide bonds. The van der Waals surface area contributed by atoms with Gasteiger partial charge in [-0.05, 0) is 182 Å². The number of hydrogen-bond acceptors (Lipinski definition) is 16. The summed E-state index contributed by atoms with van der Waals surface area (Å²) in [6.45, 7) is 0.338. The van der Waals surface area contributed by atoms with Gasteiger partial charge in [0.15, 0.2) is 20.7 Å². The van der Waals surface area contributed by atoms with E-state index in [2.05, 4.69) is 62.4 Å². The summed E-state index contributed by atoms with van der Waals surface area (Å²) in [7, 11) is 0. The summed E-state index contributed by atoms with van der Waals surface area (Å²) < 4.78 is 99.5. The van der Waals surface area contributed by atoms with Gasteiger partial charge in [-0.1, -0.05) is 177 Å². The number of alkyl carbamates (subject to hydrolysis) is 2. The number of pyridine rings is 2. The van der Waals surface area contributed by atoms with Crippen molar-refractivity contribution >= 4 is 112 Å². The second-order valence-electron chi connectivity index (χ2n) is 26.7. The Morgan fingerprint density at radius 1 is 0.433 bits per heavy atom. The zero-order valence-electron chi connectivity index (χ0n) is 56.3. The van der Waals surface area contributed by atoms with Crippen LogP contribution in [-0.4, -0.2) is 65.8 Å². The molecule has 6 aromatic carbocycles. The van der Waals surface area contributed by atoms with Crippen LogP contribution in [0.15, 0.2) is 199 Å². The van der Waals surface area contributed by atoms with E-state index in [0.717, 1.165) is 108 Å². The topological polar surface area (TPSA) is 204 Å². The lowest BCUT2D eigenvalue weighted by Crippen LogP contribution is -2.40. The van der Waals surface area contributed by atoms with Gasteiger partial charge in [-0.3, -0.25) is 30.6 Å². The quantitative estimate of drug-likeness (QED) is 0.0746. The maximum absolute atomic E-state index is 15.2. The minimum absolute atomic E-state index is 0.117. The Labute approximate surface area is 633 Å². The van der Waals surface area contributed by atoms with E-state index in [9.17, 15) is 31.5 Å². The van der Waals surface area contributed by atoms with Gasteiger partial charge in [0, 0.05) is 77.7 Å². The van der Waals surface area contributed by atoms with Crippen molar-refractivity contribution in [3.63, 3.8) is 0 Å². The van der Waals surface area contributed by atoms with Crippen LogP contribution in [0.2, 0.25) is 0 Å². The van der Waals surface area contributed by atoms with Crippen molar-refractivity contribution in [3.8, 4) is 22.3 Å². The van der Waals surface area contributed by atoms with Gasteiger partial charge < -0.3 is 20.9 Å². The Kier molecular flexibility index (Phi) is 23.7. The van der Waals surface area contributed by atoms with E-state index in [-0.39, 0.29) is 54.2 Å². The number of halogens is 8. The first-order valence-corrected chi connectivity index (χ1v) is 40.0. The predicted molar refractivity (Wildman–Crippen MR) is 411 cm³/mol. The first kappa shape index (κ1) is 74.6. The van der Waals surface area contributed by atoms with Crippen molar-refractivity contribution in [2.24, 2.45) is 55.1 Å². The summed E-state index contributed by atoms with van der Waals surface area (Å²) in [5, 5.41) is 7.48. The Morgan fingerprint density at radius 2 is 0.769 bits per heavy atom. The van der Waals surface area contributed by atoms with Crippen molar-refractivity contribution in [1.29, 1.82) is 0 Å². The van der Waals surface area contributed by atoms with Gasteiger partial charge in [-0.25, -0.2) is 37.1 Å². The number of thioether (sulfide) groups is 4. The standard InChI is InChI=1S/C26H23F2N3O2S.C21H20BrFN2O2S.C18H17F2N3S.C13H14BrFN2S/c27-22-11-10-18(20-9-5-13-29-23(20)28)14-21(22)26-12-4-8-19(26)16-34-24(31-26)30-25(32)33-15-17-6-2-1-3-7-17;22-16-8-9-18(23)17(11-16)21-10-4-7-15(21)13-28-19(25-21)24-20(26)27-12-14-5-2-1-3-6-14;19-15-6-5-11(13-4-2-8-22-16(13)20)9-14(15)18-7-1-3-12(18)10-24-17(21)23-18;14-9-3-4-11(15)10(6-9)13-5-1-2-8(13)7-18-12(16)17-13/h1-3,5-7,9-11,13-14,19H,4,8,12,15-16H2,(H,30,31,32);1-3,5-6,8-9,11,15H,4,7,10,12-13H2,(H,24,25,26);2,4-6,8-9,12H,1,3,7,10H2,(H2,21,23);3-4,6,8H,1-2,5,7H2,(H2,16,17)/t19-,26-;15-,21-;12-,18-;8-,13-/m0000/s1. The molecule has 0 saturated heterocycles. The molecule has 2 aromatic heterocycles. The maximum atomic E-state index is 15.2. The van der Waals surface area contributed by atoms with Gasteiger partial charge in [0.05, 0.1) is 22.2 Å². The number of aliphatic imine (C=N–C) groups is 4. The molecule has 4 saturated carbocycles. The highest BCUT2D eigenvalue weighted by Gasteiger charge is 2.52. The normalized spacial score (nSPS) is 24.8. The number of amides is 2. The lowest BCUT2D eigenvalue weighted by atomic mass is 9.80. The minimum atomic E-state index is -0.813. The fourth-order valence-corrected chi connectivity index (χ4v) is 20.9. The van der Waals surface area contributed by atoms with Crippen molar-refractivity contribution in [2.45, 2.75) is 112 Å². The van der Waals surface area contributed by atoms with Crippen molar-refractivity contribution < 1.29 is 45.4 Å². The molecule has 8 aliphatic rings. The molecule has 16 rings (SSSR count). The number of hydrogen-bond donors (Lipinski definition) is 4. The van der Waals surface area contributed by atoms with E-state index in [1.54, 1.807) is 72.4 Å². The molecular weight excluding hydrogens is 1540 g/mol. The average molecular weight is 1620 g/mol. The van der Waals surface area contributed by atoms with Crippen molar-refractivity contribution in [2.75, 3.05) is 23.0 Å². The molecule has 104 heavy (non-hydrogen) atoms. The van der Waals surface area contributed by atoms with E-state index in [1.807, 2.05) is 72.8 Å². The van der Waals surface area contributed by atoms with Gasteiger partial charge in [0.2, 0.25) is 11.9 Å². The van der Waals surface area contributed by atoms with Crippen molar-refractivity contribution in [3.05, 3.63) is 248 Å². The zero-order chi connectivity index (χ0) is 72.6. The number of benzene rings is 6. The van der Waals surface area contributed by atoms with Crippen LogP contribution in [0.5, 0.6) is 0 Å². The van der Waals surface area contributed by atoms with Gasteiger partial charge in [0.25, 0.3) is 0 Å². The smallest absolute Gasteiger partial charge is 0.413 e. The Bertz CT molecular complexity index is 4610. The largest absolute Gasteiger partial charge is 0.444 e. The third kappa shape index (κ3) is 16.3. The van der Waals surface area contributed by atoms with Gasteiger partial charge in [-0.2, -0.15) is 8.78 Å². The summed E-state index contributed by atoms with van der Waals surface area (Å²) >= 11 is 12.9. The summed E-state index contributed by atoms with van der Waals surface area (Å²) in [6.07, 6.45) is 12.7. The maximum Gasteiger partial charge on any atom is 0.413 e. The number of aromatic nitrogens is 2. The molecule has 0 radical (unpaired) electrons. The number of nitrogens with zero attached hydrogens (tertiary/aromatic N) is 6. The lowest BCUT2D eigenvalue weighted by molar-refractivity contribution is 0.144. The number of nitrogens with one attached hydrogen (secondary N) is 2. The zero-order valence-corrected chi connectivity index (χ0v) is 62.8. The molecule has 6 heterocycles. The fourth-order valence-electron chi connectivity index (χ4n) is 15.7. The van der Waals surface area contributed by atoms with Gasteiger partial charge >= 0.3 is 12.2 Å². The third-order valence-electron chi connectivity index (χ3n) is 20.7. The molecule has 0 spiro atoms. The second-order valence-corrected chi connectivity index (χ2v) is 32.7. The first-order chi connectivity index (χ1) is 50.3. The monoisotopic (exact) mass is 1610 g/mol. The van der Waals surface area contributed by atoms with E-state index in [0.29, 0.717) is 83.3 Å². The highest BCUT2D eigenvalue weighted by Crippen LogP contribution is 2.56. The van der Waals surface area contributed by atoms with Crippen LogP contribution >= 0.6 is 78.9 Å². The molecule has 14 nitrogen and oxygen atoms in total. The summed E-state index contributed by atoms with van der Waals surface area (Å²) in [5.41, 5.74) is 15.2. The molecule has 6 N–H and O–H groups in total. The van der Waals surface area contributed by atoms with Crippen LogP contribution in [-0.2, 0) is 44.8 Å². The number of carbonyl (C=O) groups is 2. The average Bonchev–Trinajstić information content (AvgIpc) is 1.62. The van der Waals surface area contributed by atoms with Crippen molar-refractivity contribution in [1.82, 2.24) is 20.6 Å². The minimum Gasteiger partial charge on any atom is -0.444 e.